The number of rotatable bonds is 5. The molecule has 0 aliphatic heterocycles. The van der Waals surface area contributed by atoms with Gasteiger partial charge in [-0.25, -0.2) is 0 Å². The fourth-order valence-electron chi connectivity index (χ4n) is 1.72. The second kappa shape index (κ2) is 5.12. The predicted molar refractivity (Wildman–Crippen MR) is 63.8 cm³/mol. The monoisotopic (exact) mass is 207 g/mol. The minimum absolute atomic E-state index is 0.219. The highest BCUT2D eigenvalue weighted by Crippen LogP contribution is 2.20. The first-order valence-electron chi connectivity index (χ1n) is 5.45. The van der Waals surface area contributed by atoms with Gasteiger partial charge in [0, 0.05) is 7.05 Å². The standard InChI is InChI=1S/C12H21N3/c1-6-7-13-12(9(2)3)11-8-10(4)14-15(11)5/h8,12-13H,2,6-7H2,1,3-5H3. The summed E-state index contributed by atoms with van der Waals surface area (Å²) in [5.41, 5.74) is 3.37. The predicted octanol–water partition coefficient (Wildman–Crippen LogP) is 2.35. The summed E-state index contributed by atoms with van der Waals surface area (Å²) in [6.45, 7) is 11.3. The molecule has 3 heteroatoms. The molecule has 1 unspecified atom stereocenters. The topological polar surface area (TPSA) is 29.9 Å². The van der Waals surface area contributed by atoms with Crippen molar-refractivity contribution in [2.24, 2.45) is 7.05 Å². The van der Waals surface area contributed by atoms with Gasteiger partial charge in [0.2, 0.25) is 0 Å². The molecule has 0 radical (unpaired) electrons. The van der Waals surface area contributed by atoms with E-state index in [2.05, 4.69) is 36.9 Å². The third-order valence-electron chi connectivity index (χ3n) is 2.43. The smallest absolute Gasteiger partial charge is 0.0702 e. The Balaban J connectivity index is 2.88. The van der Waals surface area contributed by atoms with Crippen LogP contribution in [-0.4, -0.2) is 16.3 Å². The molecule has 1 atom stereocenters. The van der Waals surface area contributed by atoms with E-state index >= 15 is 0 Å². The molecule has 15 heavy (non-hydrogen) atoms. The minimum atomic E-state index is 0.219. The van der Waals surface area contributed by atoms with Crippen LogP contribution in [0.3, 0.4) is 0 Å². The van der Waals surface area contributed by atoms with Crippen LogP contribution in [0.5, 0.6) is 0 Å². The maximum Gasteiger partial charge on any atom is 0.0702 e. The largest absolute Gasteiger partial charge is 0.305 e. The van der Waals surface area contributed by atoms with Gasteiger partial charge in [0.15, 0.2) is 0 Å². The third-order valence-corrected chi connectivity index (χ3v) is 2.43. The second-order valence-corrected chi connectivity index (χ2v) is 4.07. The minimum Gasteiger partial charge on any atom is -0.305 e. The lowest BCUT2D eigenvalue weighted by Crippen LogP contribution is -2.24. The maximum atomic E-state index is 4.36. The first kappa shape index (κ1) is 12.0. The molecule has 0 aliphatic rings. The van der Waals surface area contributed by atoms with Crippen molar-refractivity contribution in [1.82, 2.24) is 15.1 Å². The van der Waals surface area contributed by atoms with Gasteiger partial charge in [-0.15, -0.1) is 0 Å². The van der Waals surface area contributed by atoms with Crippen molar-refractivity contribution in [2.75, 3.05) is 6.54 Å². The van der Waals surface area contributed by atoms with Crippen molar-refractivity contribution in [3.8, 4) is 0 Å². The van der Waals surface area contributed by atoms with Gasteiger partial charge < -0.3 is 5.32 Å². The van der Waals surface area contributed by atoms with Gasteiger partial charge in [-0.1, -0.05) is 19.1 Å². The Bertz CT molecular complexity index is 339. The van der Waals surface area contributed by atoms with Gasteiger partial charge in [0.1, 0.15) is 0 Å². The normalized spacial score (nSPS) is 12.8. The summed E-state index contributed by atoms with van der Waals surface area (Å²) < 4.78 is 1.93. The molecule has 84 valence electrons. The molecule has 1 aromatic rings. The molecule has 0 saturated carbocycles. The number of hydrogen-bond donors (Lipinski definition) is 1. The van der Waals surface area contributed by atoms with E-state index in [1.54, 1.807) is 0 Å². The van der Waals surface area contributed by atoms with Gasteiger partial charge >= 0.3 is 0 Å². The Hall–Kier alpha value is -1.09. The van der Waals surface area contributed by atoms with Crippen molar-refractivity contribution in [1.29, 1.82) is 0 Å². The molecule has 1 heterocycles. The first-order valence-corrected chi connectivity index (χ1v) is 5.45. The Kier molecular flexibility index (Phi) is 4.09. The number of aryl methyl sites for hydroxylation is 2. The van der Waals surface area contributed by atoms with Gasteiger partial charge in [0.25, 0.3) is 0 Å². The highest BCUT2D eigenvalue weighted by Gasteiger charge is 2.15. The zero-order chi connectivity index (χ0) is 11.4. The van der Waals surface area contributed by atoms with Gasteiger partial charge in [-0.2, -0.15) is 5.10 Å². The Labute approximate surface area is 92.2 Å². The lowest BCUT2D eigenvalue weighted by Gasteiger charge is -2.18. The lowest BCUT2D eigenvalue weighted by molar-refractivity contribution is 0.547. The van der Waals surface area contributed by atoms with E-state index in [0.29, 0.717) is 0 Å². The Morgan fingerprint density at radius 2 is 2.33 bits per heavy atom. The average Bonchev–Trinajstić information content (AvgIpc) is 2.46. The van der Waals surface area contributed by atoms with E-state index in [9.17, 15) is 0 Å². The van der Waals surface area contributed by atoms with E-state index in [1.165, 1.54) is 5.69 Å². The van der Waals surface area contributed by atoms with Gasteiger partial charge in [-0.05, 0) is 32.9 Å². The highest BCUT2D eigenvalue weighted by molar-refractivity contribution is 5.21. The summed E-state index contributed by atoms with van der Waals surface area (Å²) in [6.07, 6.45) is 1.13. The van der Waals surface area contributed by atoms with Crippen LogP contribution in [0, 0.1) is 6.92 Å². The number of nitrogens with zero attached hydrogens (tertiary/aromatic N) is 2. The van der Waals surface area contributed by atoms with E-state index in [1.807, 2.05) is 18.7 Å². The van der Waals surface area contributed by atoms with Gasteiger partial charge in [-0.3, -0.25) is 4.68 Å². The van der Waals surface area contributed by atoms with Crippen LogP contribution < -0.4 is 5.32 Å². The van der Waals surface area contributed by atoms with Crippen LogP contribution >= 0.6 is 0 Å². The van der Waals surface area contributed by atoms with Crippen molar-refractivity contribution < 1.29 is 0 Å². The summed E-state index contributed by atoms with van der Waals surface area (Å²) in [6, 6.07) is 2.33. The van der Waals surface area contributed by atoms with Crippen molar-refractivity contribution in [3.05, 3.63) is 29.6 Å². The van der Waals surface area contributed by atoms with Crippen molar-refractivity contribution in [3.63, 3.8) is 0 Å². The molecule has 0 aromatic carbocycles. The summed E-state index contributed by atoms with van der Waals surface area (Å²) >= 11 is 0. The zero-order valence-electron chi connectivity index (χ0n) is 10.2. The molecule has 1 aromatic heterocycles. The highest BCUT2D eigenvalue weighted by atomic mass is 15.3. The van der Waals surface area contributed by atoms with E-state index in [4.69, 9.17) is 0 Å². The van der Waals surface area contributed by atoms with E-state index in [-0.39, 0.29) is 6.04 Å². The quantitative estimate of drug-likeness (QED) is 0.751. The summed E-state index contributed by atoms with van der Waals surface area (Å²) in [7, 11) is 1.98. The van der Waals surface area contributed by atoms with Crippen LogP contribution in [0.2, 0.25) is 0 Å². The van der Waals surface area contributed by atoms with Crippen LogP contribution in [0.15, 0.2) is 18.2 Å². The lowest BCUT2D eigenvalue weighted by atomic mass is 10.1. The fraction of sp³-hybridized carbons (Fsp3) is 0.583. The summed E-state index contributed by atoms with van der Waals surface area (Å²) in [4.78, 5) is 0. The molecule has 1 N–H and O–H groups in total. The molecular weight excluding hydrogens is 186 g/mol. The summed E-state index contributed by atoms with van der Waals surface area (Å²) in [5.74, 6) is 0. The molecule has 0 saturated heterocycles. The molecule has 0 aliphatic carbocycles. The van der Waals surface area contributed by atoms with Crippen LogP contribution in [0.25, 0.3) is 0 Å². The van der Waals surface area contributed by atoms with Crippen molar-refractivity contribution in [2.45, 2.75) is 33.2 Å². The molecule has 1 rings (SSSR count). The zero-order valence-corrected chi connectivity index (χ0v) is 10.2. The molecule has 3 nitrogen and oxygen atoms in total. The Morgan fingerprint density at radius 3 is 2.73 bits per heavy atom. The summed E-state index contributed by atoms with van der Waals surface area (Å²) in [5, 5.41) is 7.84. The number of aromatic nitrogens is 2. The molecule has 0 spiro atoms. The number of hydrogen-bond acceptors (Lipinski definition) is 2. The molecule has 0 fully saturated rings. The Morgan fingerprint density at radius 1 is 1.67 bits per heavy atom. The average molecular weight is 207 g/mol. The second-order valence-electron chi connectivity index (χ2n) is 4.07. The molecule has 0 bridgehead atoms. The van der Waals surface area contributed by atoms with Crippen LogP contribution in [-0.2, 0) is 7.05 Å². The van der Waals surface area contributed by atoms with Crippen molar-refractivity contribution >= 4 is 0 Å². The molecular formula is C12H21N3. The maximum absolute atomic E-state index is 4.36. The molecule has 0 amide bonds. The van der Waals surface area contributed by atoms with E-state index < -0.39 is 0 Å². The SMILES string of the molecule is C=C(C)C(NCCC)c1cc(C)nn1C. The van der Waals surface area contributed by atoms with Gasteiger partial charge in [0.05, 0.1) is 17.4 Å². The van der Waals surface area contributed by atoms with E-state index in [0.717, 1.165) is 24.2 Å². The number of nitrogens with one attached hydrogen (secondary N) is 1. The fourth-order valence-corrected chi connectivity index (χ4v) is 1.72. The van der Waals surface area contributed by atoms with Crippen LogP contribution in [0.1, 0.15) is 37.7 Å². The first-order chi connectivity index (χ1) is 7.06. The third kappa shape index (κ3) is 2.93. The van der Waals surface area contributed by atoms with Crippen LogP contribution in [0.4, 0.5) is 0 Å².